The summed E-state index contributed by atoms with van der Waals surface area (Å²) in [7, 11) is 0. The standard InChI is InChI=1S/C63H123NO5/c1-3-5-7-9-11-13-14-15-16-27-31-34-37-41-45-49-53-57-63(68)69-58-54-50-46-42-38-35-32-29-26-24-22-20-18-17-19-21-23-25-28-30-33-36-40-44-48-52-56-62(67)64-60(59-65)61(66)55-51-47-43-39-12-10-8-6-4-2/h17,19,60-61,65-66H,3-16,18,20-59H2,1-2H3,(H,64,67)/b19-17-. The molecule has 2 unspecified atom stereocenters. The Morgan fingerprint density at radius 3 is 1.03 bits per heavy atom. The van der Waals surface area contributed by atoms with Gasteiger partial charge in [-0.3, -0.25) is 9.59 Å². The normalized spacial score (nSPS) is 12.6. The number of aliphatic hydroxyl groups is 2. The maximum Gasteiger partial charge on any atom is 0.305 e. The molecule has 0 aliphatic carbocycles. The van der Waals surface area contributed by atoms with Crippen LogP contribution in [-0.4, -0.2) is 47.4 Å². The summed E-state index contributed by atoms with van der Waals surface area (Å²) < 4.78 is 5.50. The highest BCUT2D eigenvalue weighted by Crippen LogP contribution is 2.18. The number of hydrogen-bond donors (Lipinski definition) is 3. The molecule has 0 fully saturated rings. The molecule has 0 saturated heterocycles. The van der Waals surface area contributed by atoms with E-state index in [4.69, 9.17) is 4.74 Å². The van der Waals surface area contributed by atoms with E-state index in [0.717, 1.165) is 38.5 Å². The lowest BCUT2D eigenvalue weighted by Gasteiger charge is -2.22. The van der Waals surface area contributed by atoms with Crippen molar-refractivity contribution in [2.75, 3.05) is 13.2 Å². The molecule has 0 heterocycles. The van der Waals surface area contributed by atoms with Gasteiger partial charge in [0.05, 0.1) is 25.4 Å². The third-order valence-corrected chi connectivity index (χ3v) is 14.8. The second kappa shape index (κ2) is 59.2. The van der Waals surface area contributed by atoms with Crippen molar-refractivity contribution in [2.24, 2.45) is 0 Å². The molecule has 69 heavy (non-hydrogen) atoms. The summed E-state index contributed by atoms with van der Waals surface area (Å²) in [6.07, 6.45) is 71.0. The first-order chi connectivity index (χ1) is 34.0. The number of nitrogens with one attached hydrogen (secondary N) is 1. The number of ether oxygens (including phenoxy) is 1. The Balaban J connectivity index is 3.33. The molecule has 0 aromatic heterocycles. The number of carbonyl (C=O) groups is 2. The van der Waals surface area contributed by atoms with Gasteiger partial charge in [0, 0.05) is 12.8 Å². The number of aliphatic hydroxyl groups excluding tert-OH is 2. The van der Waals surface area contributed by atoms with Crippen molar-refractivity contribution < 1.29 is 24.5 Å². The van der Waals surface area contributed by atoms with Gasteiger partial charge in [-0.15, -0.1) is 0 Å². The molecular weight excluding hydrogens is 851 g/mol. The Labute approximate surface area is 431 Å². The zero-order valence-electron chi connectivity index (χ0n) is 46.8. The number of rotatable bonds is 59. The fourth-order valence-corrected chi connectivity index (χ4v) is 9.99. The Bertz CT molecular complexity index is 1030. The molecule has 0 spiro atoms. The summed E-state index contributed by atoms with van der Waals surface area (Å²) in [6.45, 7) is 4.96. The Morgan fingerprint density at radius 2 is 0.681 bits per heavy atom. The topological polar surface area (TPSA) is 95.9 Å². The lowest BCUT2D eigenvalue weighted by atomic mass is 10.0. The van der Waals surface area contributed by atoms with Crippen molar-refractivity contribution in [1.82, 2.24) is 5.32 Å². The van der Waals surface area contributed by atoms with Crippen LogP contribution in [-0.2, 0) is 14.3 Å². The highest BCUT2D eigenvalue weighted by atomic mass is 16.5. The Morgan fingerprint density at radius 1 is 0.391 bits per heavy atom. The molecule has 3 N–H and O–H groups in total. The third-order valence-electron chi connectivity index (χ3n) is 14.8. The Hall–Kier alpha value is -1.40. The fraction of sp³-hybridized carbons (Fsp3) is 0.937. The van der Waals surface area contributed by atoms with Crippen LogP contribution in [0.25, 0.3) is 0 Å². The Kier molecular flexibility index (Phi) is 58.0. The van der Waals surface area contributed by atoms with Crippen molar-refractivity contribution in [1.29, 1.82) is 0 Å². The highest BCUT2D eigenvalue weighted by Gasteiger charge is 2.20. The molecule has 410 valence electrons. The summed E-state index contributed by atoms with van der Waals surface area (Å²) in [6, 6.07) is -0.540. The lowest BCUT2D eigenvalue weighted by Crippen LogP contribution is -2.45. The van der Waals surface area contributed by atoms with Gasteiger partial charge in [0.2, 0.25) is 5.91 Å². The molecule has 0 rings (SSSR count). The van der Waals surface area contributed by atoms with Gasteiger partial charge in [-0.1, -0.05) is 302 Å². The van der Waals surface area contributed by atoms with E-state index >= 15 is 0 Å². The first-order valence-electron chi connectivity index (χ1n) is 31.4. The molecule has 0 aromatic rings. The molecule has 0 aliphatic rings. The van der Waals surface area contributed by atoms with Crippen LogP contribution in [0.3, 0.4) is 0 Å². The van der Waals surface area contributed by atoms with Gasteiger partial charge < -0.3 is 20.3 Å². The van der Waals surface area contributed by atoms with E-state index in [2.05, 4.69) is 31.3 Å². The van der Waals surface area contributed by atoms with E-state index in [9.17, 15) is 19.8 Å². The second-order valence-electron chi connectivity index (χ2n) is 21.7. The van der Waals surface area contributed by atoms with Crippen LogP contribution in [0.4, 0.5) is 0 Å². The molecule has 6 heteroatoms. The monoisotopic (exact) mass is 974 g/mol. The molecule has 0 aromatic carbocycles. The highest BCUT2D eigenvalue weighted by molar-refractivity contribution is 5.76. The molecule has 2 atom stereocenters. The van der Waals surface area contributed by atoms with E-state index in [-0.39, 0.29) is 18.5 Å². The van der Waals surface area contributed by atoms with Crippen LogP contribution in [0.5, 0.6) is 0 Å². The lowest BCUT2D eigenvalue weighted by molar-refractivity contribution is -0.143. The quantitative estimate of drug-likeness (QED) is 0.0321. The van der Waals surface area contributed by atoms with E-state index < -0.39 is 12.1 Å². The van der Waals surface area contributed by atoms with E-state index in [0.29, 0.717) is 25.9 Å². The number of unbranched alkanes of at least 4 members (excludes halogenated alkanes) is 46. The summed E-state index contributed by atoms with van der Waals surface area (Å²) >= 11 is 0. The minimum atomic E-state index is -0.662. The zero-order chi connectivity index (χ0) is 50.0. The van der Waals surface area contributed by atoms with E-state index in [1.54, 1.807) is 0 Å². The first kappa shape index (κ1) is 67.6. The SMILES string of the molecule is CCCCCCCCCCCCCCCCCCCC(=O)OCCCCCCCCCCCCCC/C=C\CCCCCCCCCCCCC(=O)NC(CO)C(O)CCCCCCCCCCC. The van der Waals surface area contributed by atoms with Crippen LogP contribution in [0.2, 0.25) is 0 Å². The number of allylic oxidation sites excluding steroid dienone is 2. The van der Waals surface area contributed by atoms with Crippen LogP contribution >= 0.6 is 0 Å². The van der Waals surface area contributed by atoms with E-state index in [1.807, 2.05) is 0 Å². The minimum absolute atomic E-state index is 0.0188. The van der Waals surface area contributed by atoms with Gasteiger partial charge in [-0.25, -0.2) is 0 Å². The predicted molar refractivity (Wildman–Crippen MR) is 301 cm³/mol. The van der Waals surface area contributed by atoms with Crippen molar-refractivity contribution >= 4 is 11.9 Å². The van der Waals surface area contributed by atoms with Crippen LogP contribution in [0, 0.1) is 0 Å². The molecule has 0 aliphatic heterocycles. The number of esters is 1. The third kappa shape index (κ3) is 55.8. The predicted octanol–water partition coefficient (Wildman–Crippen LogP) is 19.6. The average molecular weight is 975 g/mol. The second-order valence-corrected chi connectivity index (χ2v) is 21.7. The van der Waals surface area contributed by atoms with Gasteiger partial charge >= 0.3 is 5.97 Å². The molecule has 0 radical (unpaired) electrons. The maximum atomic E-state index is 12.4. The number of amides is 1. The van der Waals surface area contributed by atoms with Crippen LogP contribution in [0.1, 0.15) is 354 Å². The number of carbonyl (C=O) groups excluding carboxylic acids is 2. The maximum absolute atomic E-state index is 12.4. The van der Waals surface area contributed by atoms with Crippen molar-refractivity contribution in [3.63, 3.8) is 0 Å². The smallest absolute Gasteiger partial charge is 0.305 e. The fourth-order valence-electron chi connectivity index (χ4n) is 9.99. The zero-order valence-corrected chi connectivity index (χ0v) is 46.8. The molecule has 0 bridgehead atoms. The van der Waals surface area contributed by atoms with Gasteiger partial charge in [-0.2, -0.15) is 0 Å². The summed E-state index contributed by atoms with van der Waals surface area (Å²) in [4.78, 5) is 24.5. The molecule has 1 amide bonds. The molecule has 6 nitrogen and oxygen atoms in total. The van der Waals surface area contributed by atoms with Crippen molar-refractivity contribution in [3.8, 4) is 0 Å². The molecular formula is C63H123NO5. The van der Waals surface area contributed by atoms with Gasteiger partial charge in [-0.05, 0) is 51.4 Å². The first-order valence-corrected chi connectivity index (χ1v) is 31.4. The number of hydrogen-bond acceptors (Lipinski definition) is 5. The van der Waals surface area contributed by atoms with Crippen molar-refractivity contribution in [3.05, 3.63) is 12.2 Å². The average Bonchev–Trinajstić information content (AvgIpc) is 3.35. The summed E-state index contributed by atoms with van der Waals surface area (Å²) in [5, 5.41) is 23.1. The largest absolute Gasteiger partial charge is 0.466 e. The van der Waals surface area contributed by atoms with Crippen LogP contribution in [0.15, 0.2) is 12.2 Å². The van der Waals surface area contributed by atoms with Crippen molar-refractivity contribution in [2.45, 2.75) is 366 Å². The summed E-state index contributed by atoms with van der Waals surface area (Å²) in [5.41, 5.74) is 0. The van der Waals surface area contributed by atoms with Gasteiger partial charge in [0.15, 0.2) is 0 Å². The van der Waals surface area contributed by atoms with Crippen LogP contribution < -0.4 is 5.32 Å². The molecule has 0 saturated carbocycles. The van der Waals surface area contributed by atoms with Gasteiger partial charge in [0.25, 0.3) is 0 Å². The minimum Gasteiger partial charge on any atom is -0.466 e. The van der Waals surface area contributed by atoms with Gasteiger partial charge in [0.1, 0.15) is 0 Å². The summed E-state index contributed by atoms with van der Waals surface area (Å²) in [5.74, 6) is -0.0191. The van der Waals surface area contributed by atoms with E-state index in [1.165, 1.54) is 283 Å².